The summed E-state index contributed by atoms with van der Waals surface area (Å²) in [7, 11) is 0. The molecule has 2 rings (SSSR count). The summed E-state index contributed by atoms with van der Waals surface area (Å²) in [5.74, 6) is 0. The molecule has 108 valence electrons. The smallest absolute Gasteiger partial charge is 0.294 e. The van der Waals surface area contributed by atoms with Crippen LogP contribution >= 0.6 is 12.2 Å². The third-order valence-electron chi connectivity index (χ3n) is 3.39. The van der Waals surface area contributed by atoms with Crippen molar-refractivity contribution in [3.63, 3.8) is 0 Å². The van der Waals surface area contributed by atoms with E-state index in [1.54, 1.807) is 12.1 Å². The summed E-state index contributed by atoms with van der Waals surface area (Å²) in [4.78, 5) is 13.0. The number of rotatable bonds is 3. The number of thiocarbonyl (C=S) groups is 1. The highest BCUT2D eigenvalue weighted by atomic mass is 32.1. The highest BCUT2D eigenvalue weighted by Crippen LogP contribution is 2.32. The second kappa shape index (κ2) is 6.51. The van der Waals surface area contributed by atoms with Gasteiger partial charge in [0.15, 0.2) is 5.11 Å². The molecule has 0 bridgehead atoms. The number of nitrogens with two attached hydrogens (primary N) is 1. The number of nitro benzene ring substituents is 1. The zero-order chi connectivity index (χ0) is 14.5. The van der Waals surface area contributed by atoms with Gasteiger partial charge >= 0.3 is 0 Å². The molecule has 0 aliphatic carbocycles. The molecule has 20 heavy (non-hydrogen) atoms. The van der Waals surface area contributed by atoms with Gasteiger partial charge in [0.25, 0.3) is 5.69 Å². The minimum Gasteiger partial charge on any atom is -0.376 e. The van der Waals surface area contributed by atoms with Crippen LogP contribution in [0.1, 0.15) is 25.7 Å². The Morgan fingerprint density at radius 1 is 1.30 bits per heavy atom. The Balaban J connectivity index is 2.31. The quantitative estimate of drug-likeness (QED) is 0.506. The van der Waals surface area contributed by atoms with Crippen molar-refractivity contribution in [2.45, 2.75) is 25.7 Å². The van der Waals surface area contributed by atoms with Crippen LogP contribution in [0.15, 0.2) is 18.2 Å². The topological polar surface area (TPSA) is 84.4 Å². The first kappa shape index (κ1) is 14.5. The summed E-state index contributed by atoms with van der Waals surface area (Å²) >= 11 is 4.75. The molecular weight excluding hydrogens is 276 g/mol. The monoisotopic (exact) mass is 294 g/mol. The van der Waals surface area contributed by atoms with Gasteiger partial charge in [-0.15, -0.1) is 0 Å². The average molecular weight is 294 g/mol. The van der Waals surface area contributed by atoms with E-state index in [0.717, 1.165) is 25.9 Å². The van der Waals surface area contributed by atoms with E-state index >= 15 is 0 Å². The van der Waals surface area contributed by atoms with Crippen LogP contribution in [0.5, 0.6) is 0 Å². The first-order chi connectivity index (χ1) is 9.58. The molecule has 1 fully saturated rings. The number of benzene rings is 1. The molecule has 0 aromatic heterocycles. The summed E-state index contributed by atoms with van der Waals surface area (Å²) < 4.78 is 0. The number of nitro groups is 1. The average Bonchev–Trinajstić information content (AvgIpc) is 2.66. The minimum atomic E-state index is -0.356. The van der Waals surface area contributed by atoms with Gasteiger partial charge in [0.1, 0.15) is 5.69 Å². The van der Waals surface area contributed by atoms with Crippen molar-refractivity contribution in [3.05, 3.63) is 28.3 Å². The predicted molar refractivity (Wildman–Crippen MR) is 84.2 cm³/mol. The van der Waals surface area contributed by atoms with E-state index in [9.17, 15) is 10.1 Å². The summed E-state index contributed by atoms with van der Waals surface area (Å²) in [6.07, 6.45) is 4.52. The molecule has 7 heteroatoms. The number of nitrogens with one attached hydrogen (secondary N) is 1. The van der Waals surface area contributed by atoms with E-state index in [-0.39, 0.29) is 15.7 Å². The zero-order valence-corrected chi connectivity index (χ0v) is 12.0. The van der Waals surface area contributed by atoms with Crippen molar-refractivity contribution >= 4 is 34.4 Å². The van der Waals surface area contributed by atoms with Gasteiger partial charge in [-0.05, 0) is 37.2 Å². The van der Waals surface area contributed by atoms with Crippen molar-refractivity contribution in [1.29, 1.82) is 0 Å². The van der Waals surface area contributed by atoms with E-state index < -0.39 is 0 Å². The second-order valence-electron chi connectivity index (χ2n) is 4.85. The van der Waals surface area contributed by atoms with Gasteiger partial charge in [-0.25, -0.2) is 0 Å². The minimum absolute atomic E-state index is 0.0909. The molecule has 1 heterocycles. The Morgan fingerprint density at radius 3 is 2.50 bits per heavy atom. The largest absolute Gasteiger partial charge is 0.376 e. The zero-order valence-electron chi connectivity index (χ0n) is 11.2. The van der Waals surface area contributed by atoms with Gasteiger partial charge in [0, 0.05) is 24.8 Å². The Kier molecular flexibility index (Phi) is 4.73. The molecule has 1 saturated heterocycles. The molecule has 1 aliphatic rings. The standard InChI is InChI=1S/C13H18N4O2S/c14-13(20)15-10-5-6-11(12(9-10)17(18)19)16-7-3-1-2-4-8-16/h5-6,9H,1-4,7-8H2,(H3,14,15,20). The highest BCUT2D eigenvalue weighted by Gasteiger charge is 2.21. The Labute approximate surface area is 123 Å². The van der Waals surface area contributed by atoms with Crippen LogP contribution < -0.4 is 16.0 Å². The van der Waals surface area contributed by atoms with Crippen LogP contribution in [0.2, 0.25) is 0 Å². The Hall–Kier alpha value is -1.89. The molecule has 0 spiro atoms. The third kappa shape index (κ3) is 3.57. The molecule has 0 amide bonds. The molecule has 3 N–H and O–H groups in total. The third-order valence-corrected chi connectivity index (χ3v) is 3.49. The lowest BCUT2D eigenvalue weighted by molar-refractivity contribution is -0.384. The fraction of sp³-hybridized carbons (Fsp3) is 0.462. The van der Waals surface area contributed by atoms with E-state index in [1.165, 1.54) is 18.9 Å². The SMILES string of the molecule is NC(=S)Nc1ccc(N2CCCCCC2)c([N+](=O)[O-])c1. The maximum atomic E-state index is 11.3. The second-order valence-corrected chi connectivity index (χ2v) is 5.29. The Bertz CT molecular complexity index is 513. The summed E-state index contributed by atoms with van der Waals surface area (Å²) in [6, 6.07) is 5.02. The Morgan fingerprint density at radius 2 is 1.95 bits per heavy atom. The first-order valence-electron chi connectivity index (χ1n) is 6.68. The van der Waals surface area contributed by atoms with E-state index in [4.69, 9.17) is 18.0 Å². The number of nitrogens with zero attached hydrogens (tertiary/aromatic N) is 2. The van der Waals surface area contributed by atoms with Crippen molar-refractivity contribution in [3.8, 4) is 0 Å². The van der Waals surface area contributed by atoms with Crippen LogP contribution in [-0.2, 0) is 0 Å². The van der Waals surface area contributed by atoms with Crippen LogP contribution in [0.4, 0.5) is 17.1 Å². The van der Waals surface area contributed by atoms with Crippen LogP contribution in [-0.4, -0.2) is 23.1 Å². The number of hydrogen-bond acceptors (Lipinski definition) is 4. The molecule has 1 aromatic carbocycles. The van der Waals surface area contributed by atoms with Crippen molar-refractivity contribution in [2.75, 3.05) is 23.3 Å². The first-order valence-corrected chi connectivity index (χ1v) is 7.08. The highest BCUT2D eigenvalue weighted by molar-refractivity contribution is 7.80. The summed E-state index contributed by atoms with van der Waals surface area (Å²) in [6.45, 7) is 1.73. The lowest BCUT2D eigenvalue weighted by Gasteiger charge is -2.22. The molecule has 0 unspecified atom stereocenters. The predicted octanol–water partition coefficient (Wildman–Crippen LogP) is 2.63. The normalized spacial score (nSPS) is 15.5. The van der Waals surface area contributed by atoms with Gasteiger partial charge < -0.3 is 16.0 Å². The van der Waals surface area contributed by atoms with Gasteiger partial charge in [-0.2, -0.15) is 0 Å². The van der Waals surface area contributed by atoms with Crippen LogP contribution in [0, 0.1) is 10.1 Å². The van der Waals surface area contributed by atoms with Crippen molar-refractivity contribution in [2.24, 2.45) is 5.73 Å². The number of hydrogen-bond donors (Lipinski definition) is 2. The molecule has 6 nitrogen and oxygen atoms in total. The van der Waals surface area contributed by atoms with E-state index in [2.05, 4.69) is 10.2 Å². The number of anilines is 2. The van der Waals surface area contributed by atoms with Crippen LogP contribution in [0.25, 0.3) is 0 Å². The molecule has 0 atom stereocenters. The van der Waals surface area contributed by atoms with E-state index in [0.29, 0.717) is 11.4 Å². The van der Waals surface area contributed by atoms with Crippen molar-refractivity contribution < 1.29 is 4.92 Å². The fourth-order valence-corrected chi connectivity index (χ4v) is 2.59. The van der Waals surface area contributed by atoms with Gasteiger partial charge in [0.2, 0.25) is 0 Å². The van der Waals surface area contributed by atoms with Gasteiger partial charge in [-0.1, -0.05) is 12.8 Å². The summed E-state index contributed by atoms with van der Waals surface area (Å²) in [5.41, 5.74) is 6.70. The molecule has 1 aromatic rings. The maximum Gasteiger partial charge on any atom is 0.294 e. The molecule has 0 saturated carbocycles. The molecule has 1 aliphatic heterocycles. The van der Waals surface area contributed by atoms with Gasteiger partial charge in [-0.3, -0.25) is 10.1 Å². The van der Waals surface area contributed by atoms with Gasteiger partial charge in [0.05, 0.1) is 4.92 Å². The van der Waals surface area contributed by atoms with Crippen molar-refractivity contribution in [1.82, 2.24) is 0 Å². The van der Waals surface area contributed by atoms with Crippen LogP contribution in [0.3, 0.4) is 0 Å². The van der Waals surface area contributed by atoms with E-state index in [1.807, 2.05) is 0 Å². The molecular formula is C13H18N4O2S. The maximum absolute atomic E-state index is 11.3. The fourth-order valence-electron chi connectivity index (χ4n) is 2.47. The lowest BCUT2D eigenvalue weighted by atomic mass is 10.2. The molecule has 0 radical (unpaired) electrons. The lowest BCUT2D eigenvalue weighted by Crippen LogP contribution is -2.25. The summed E-state index contributed by atoms with van der Waals surface area (Å²) in [5, 5.41) is 14.1.